The third-order valence-electron chi connectivity index (χ3n) is 12.7. The number of phosphoric acid groups is 1. The molecule has 72 heavy (non-hydrogen) atoms. The number of hydrogen-bond acceptors (Lipinski definition) is 13. The van der Waals surface area contributed by atoms with E-state index in [4.69, 9.17) is 32.7 Å². The highest BCUT2D eigenvalue weighted by molar-refractivity contribution is 7.47. The summed E-state index contributed by atoms with van der Waals surface area (Å²) in [5, 5.41) is 5.07. The van der Waals surface area contributed by atoms with Crippen molar-refractivity contribution in [1.82, 2.24) is 16.8 Å². The van der Waals surface area contributed by atoms with E-state index in [2.05, 4.69) is 36.6 Å². The zero-order chi connectivity index (χ0) is 51.6. The Labute approximate surface area is 437 Å². The van der Waals surface area contributed by atoms with Gasteiger partial charge in [-0.05, 0) is 44.9 Å². The van der Waals surface area contributed by atoms with Crippen LogP contribution in [0.4, 0.5) is 9.59 Å². The Hall–Kier alpha value is -2.75. The monoisotopic (exact) mass is 1050 g/mol. The van der Waals surface area contributed by atoms with Crippen LogP contribution in [0.3, 0.4) is 0 Å². The molecule has 17 heteroatoms. The summed E-state index contributed by atoms with van der Waals surface area (Å²) in [4.78, 5) is 60.0. The summed E-state index contributed by atoms with van der Waals surface area (Å²) in [7, 11) is -4.64. The molecule has 1 aliphatic carbocycles. The van der Waals surface area contributed by atoms with Crippen molar-refractivity contribution in [2.75, 3.05) is 52.7 Å². The molecule has 0 saturated heterocycles. The van der Waals surface area contributed by atoms with Crippen molar-refractivity contribution in [1.29, 1.82) is 0 Å². The highest BCUT2D eigenvalue weighted by Gasteiger charge is 2.26. The molecule has 0 saturated carbocycles. The predicted molar refractivity (Wildman–Crippen MR) is 287 cm³/mol. The molecule has 6 N–H and O–H groups in total. The molecule has 0 aliphatic heterocycles. The fourth-order valence-corrected chi connectivity index (χ4v) is 9.19. The lowest BCUT2D eigenvalue weighted by molar-refractivity contribution is -0.161. The van der Waals surface area contributed by atoms with Crippen LogP contribution in [0.5, 0.6) is 0 Å². The van der Waals surface area contributed by atoms with Gasteiger partial charge in [0.05, 0.1) is 26.4 Å². The Kier molecular flexibility index (Phi) is 49.7. The quantitative estimate of drug-likeness (QED) is 0.0146. The molecule has 0 spiro atoms. The summed E-state index contributed by atoms with van der Waals surface area (Å²) < 4.78 is 49.8. The lowest BCUT2D eigenvalue weighted by atomic mass is 10.0. The number of nitrogens with one attached hydrogen (secondary N) is 2. The number of phosphoric ester groups is 1. The molecule has 0 aromatic carbocycles. The normalized spacial score (nSPS) is 15.2. The molecule has 0 fully saturated rings. The van der Waals surface area contributed by atoms with E-state index >= 15 is 0 Å². The molecule has 424 valence electrons. The van der Waals surface area contributed by atoms with Gasteiger partial charge in [-0.15, -0.1) is 0 Å². The van der Waals surface area contributed by atoms with E-state index in [0.717, 1.165) is 70.6 Å². The molecule has 3 atom stereocenters. The van der Waals surface area contributed by atoms with E-state index in [1.807, 2.05) is 0 Å². The molecular weight excluding hydrogens is 942 g/mol. The van der Waals surface area contributed by atoms with E-state index in [1.165, 1.54) is 141 Å². The largest absolute Gasteiger partial charge is 0.472 e. The average molecular weight is 1050 g/mol. The lowest BCUT2D eigenvalue weighted by Crippen LogP contribution is -2.32. The number of amides is 2. The molecule has 0 aromatic rings. The van der Waals surface area contributed by atoms with Crippen molar-refractivity contribution in [3.63, 3.8) is 0 Å². The number of rotatable bonds is 49. The van der Waals surface area contributed by atoms with E-state index in [-0.39, 0.29) is 71.2 Å². The van der Waals surface area contributed by atoms with Gasteiger partial charge in [-0.3, -0.25) is 18.6 Å². The number of carbonyl (C=O) groups excluding carboxylic acids is 4. The first kappa shape index (κ1) is 69.2. The molecule has 0 heterocycles. The Balaban J connectivity index is 0.0000504. The number of esters is 2. The number of allylic oxidation sites excluding steroid dienone is 2. The van der Waals surface area contributed by atoms with Crippen LogP contribution in [0.1, 0.15) is 251 Å². The first-order valence-corrected chi connectivity index (χ1v) is 30.2. The summed E-state index contributed by atoms with van der Waals surface area (Å²) >= 11 is 0. The van der Waals surface area contributed by atoms with Crippen LogP contribution >= 0.6 is 7.82 Å². The van der Waals surface area contributed by atoms with Crippen LogP contribution in [-0.4, -0.2) is 94.0 Å². The fourth-order valence-electron chi connectivity index (χ4n) is 8.44. The van der Waals surface area contributed by atoms with Gasteiger partial charge < -0.3 is 45.4 Å². The molecule has 0 aromatic heterocycles. The molecule has 1 aliphatic rings. The minimum Gasteiger partial charge on any atom is -0.462 e. The maximum Gasteiger partial charge on any atom is 0.472 e. The highest BCUT2D eigenvalue weighted by Crippen LogP contribution is 2.43. The maximum atomic E-state index is 12.8. The Morgan fingerprint density at radius 2 is 0.986 bits per heavy atom. The van der Waals surface area contributed by atoms with Crippen LogP contribution in [0, 0.1) is 0 Å². The zero-order valence-electron chi connectivity index (χ0n) is 45.6. The number of unbranched alkanes of at least 4 members (excludes halogenated alkanes) is 28. The number of alkyl carbamates (subject to hydrolysis) is 2. The van der Waals surface area contributed by atoms with E-state index in [9.17, 15) is 28.6 Å². The topological polar surface area (TPSA) is 229 Å². The number of hydrogen-bond donors (Lipinski definition) is 4. The van der Waals surface area contributed by atoms with Gasteiger partial charge in [0.25, 0.3) is 0 Å². The third-order valence-corrected chi connectivity index (χ3v) is 13.7. The molecule has 16 nitrogen and oxygen atoms in total. The Bertz CT molecular complexity index is 1360. The van der Waals surface area contributed by atoms with E-state index in [1.54, 1.807) is 0 Å². The van der Waals surface area contributed by atoms with Crippen LogP contribution in [-0.2, 0) is 46.9 Å². The Morgan fingerprint density at radius 3 is 1.51 bits per heavy atom. The Morgan fingerprint density at radius 1 is 0.528 bits per heavy atom. The van der Waals surface area contributed by atoms with Gasteiger partial charge in [-0.2, -0.15) is 0 Å². The first-order chi connectivity index (χ1) is 34.6. The van der Waals surface area contributed by atoms with E-state index in [0.29, 0.717) is 12.8 Å². The number of ether oxygens (including phenoxy) is 5. The lowest BCUT2D eigenvalue weighted by Gasteiger charge is -2.20. The van der Waals surface area contributed by atoms with Crippen molar-refractivity contribution in [2.24, 2.45) is 0 Å². The van der Waals surface area contributed by atoms with Gasteiger partial charge in [-0.1, -0.05) is 206 Å². The summed E-state index contributed by atoms with van der Waals surface area (Å²) in [6.45, 7) is 3.59. The summed E-state index contributed by atoms with van der Waals surface area (Å²) in [5.74, 6) is -0.924. The standard InChI is InChI=1S/C55H103N2O13P.H3N/c1-3-5-7-9-11-13-15-17-19-21-23-25-27-32-36-40-52(58)66-48-51(69-53(59)41-37-33-28-26-24-22-20-18-16-14-12-10-8-6-4-2)49-68-71(62,63)67-45-43-56-54(60)65-47-46-64-44-42-57-55(61)70-50-38-34-30-29-31-35-39-50;/h29-30,50-51H,3-28,31-49H2,1-2H3,(H,56,60)(H,57,61)(H,62,63);1H3/b30-29+;/t50?,51-;/m1./s1. The minimum atomic E-state index is -4.64. The van der Waals surface area contributed by atoms with Crippen LogP contribution < -0.4 is 16.8 Å². The fraction of sp³-hybridized carbons (Fsp3) is 0.891. The molecule has 0 bridgehead atoms. The molecule has 2 amide bonds. The van der Waals surface area contributed by atoms with Crippen LogP contribution in [0.2, 0.25) is 0 Å². The predicted octanol–water partition coefficient (Wildman–Crippen LogP) is 14.6. The van der Waals surface area contributed by atoms with Crippen molar-refractivity contribution in [3.05, 3.63) is 12.2 Å². The van der Waals surface area contributed by atoms with Crippen molar-refractivity contribution in [2.45, 2.75) is 264 Å². The van der Waals surface area contributed by atoms with Crippen molar-refractivity contribution in [3.8, 4) is 0 Å². The summed E-state index contributed by atoms with van der Waals surface area (Å²) in [6.07, 6.45) is 43.3. The zero-order valence-corrected chi connectivity index (χ0v) is 46.5. The summed E-state index contributed by atoms with van der Waals surface area (Å²) in [6, 6.07) is 0. The van der Waals surface area contributed by atoms with Gasteiger partial charge in [0.1, 0.15) is 19.3 Å². The highest BCUT2D eigenvalue weighted by atomic mass is 31.2. The average Bonchev–Trinajstić information content (AvgIpc) is 3.34. The number of carbonyl (C=O) groups is 4. The molecule has 1 rings (SSSR count). The first-order valence-electron chi connectivity index (χ1n) is 28.7. The maximum absolute atomic E-state index is 12.8. The summed E-state index contributed by atoms with van der Waals surface area (Å²) in [5.41, 5.74) is 0. The second-order valence-electron chi connectivity index (χ2n) is 19.4. The molecular formula is C55H106N3O13P. The van der Waals surface area contributed by atoms with E-state index < -0.39 is 44.7 Å². The third kappa shape index (κ3) is 48.2. The van der Waals surface area contributed by atoms with Crippen LogP contribution in [0.15, 0.2) is 12.2 Å². The van der Waals surface area contributed by atoms with Gasteiger partial charge in [-0.25, -0.2) is 14.2 Å². The van der Waals surface area contributed by atoms with Gasteiger partial charge in [0.2, 0.25) is 0 Å². The van der Waals surface area contributed by atoms with Gasteiger partial charge >= 0.3 is 31.9 Å². The second kappa shape index (κ2) is 51.7. The van der Waals surface area contributed by atoms with Gasteiger partial charge in [0.15, 0.2) is 6.10 Å². The second-order valence-corrected chi connectivity index (χ2v) is 20.9. The minimum absolute atomic E-state index is 0. The smallest absolute Gasteiger partial charge is 0.462 e. The molecule has 0 radical (unpaired) electrons. The van der Waals surface area contributed by atoms with Crippen molar-refractivity contribution < 1.29 is 61.4 Å². The van der Waals surface area contributed by atoms with Crippen LogP contribution in [0.25, 0.3) is 0 Å². The molecule has 2 unspecified atom stereocenters. The SMILES string of the molecule is CCCCCCCCCCCCCCCCCC(=O)OC[C@H](COP(=O)(O)OCCNC(=O)OCCOCCNC(=O)OC1CC/C=C/CCC1)OC(=O)CCCCCCCCCCCCCCCCC.N. The van der Waals surface area contributed by atoms with Gasteiger partial charge in [0, 0.05) is 25.9 Å². The van der Waals surface area contributed by atoms with Crippen molar-refractivity contribution >= 4 is 31.9 Å².